The van der Waals surface area contributed by atoms with Gasteiger partial charge in [-0.25, -0.2) is 19.3 Å². The normalized spacial score (nSPS) is 29.4. The average Bonchev–Trinajstić information content (AvgIpc) is 3.67. The molecule has 0 aromatic carbocycles. The van der Waals surface area contributed by atoms with Crippen molar-refractivity contribution >= 4 is 38.5 Å². The summed E-state index contributed by atoms with van der Waals surface area (Å²) < 4.78 is 51.4. The summed E-state index contributed by atoms with van der Waals surface area (Å²) in [6.45, 7) is -1.86. The van der Waals surface area contributed by atoms with E-state index < -0.39 is 83.8 Å². The summed E-state index contributed by atoms with van der Waals surface area (Å²) in [6.07, 6.45) is -1.99. The summed E-state index contributed by atoms with van der Waals surface area (Å²) in [4.78, 5) is 48.4. The molecule has 0 bridgehead atoms. The molecule has 1 amide bonds. The van der Waals surface area contributed by atoms with Crippen molar-refractivity contribution in [2.45, 2.75) is 49.1 Å². The maximum absolute atomic E-state index is 12.4. The number of ether oxygens (including phenoxy) is 2. The van der Waals surface area contributed by atoms with Crippen LogP contribution >= 0.6 is 15.6 Å². The van der Waals surface area contributed by atoms with E-state index in [0.717, 1.165) is 0 Å². The van der Waals surface area contributed by atoms with Gasteiger partial charge in [-0.3, -0.25) is 18.5 Å². The molecule has 0 radical (unpaired) electrons. The second kappa shape index (κ2) is 15.6. The van der Waals surface area contributed by atoms with Crippen molar-refractivity contribution in [3.8, 4) is 12.3 Å². The average molecular weight is 723 g/mol. The van der Waals surface area contributed by atoms with Crippen LogP contribution < -0.4 is 55.0 Å². The number of terminal acetylenes is 1. The first kappa shape index (κ1) is 38.4. The second-order valence-electron chi connectivity index (χ2n) is 10.2. The number of primary amides is 1. The fraction of sp³-hybridized carbons (Fsp3) is 0.458. The summed E-state index contributed by atoms with van der Waals surface area (Å²) in [7, 11) is -11.4. The van der Waals surface area contributed by atoms with Crippen molar-refractivity contribution in [3.63, 3.8) is 0 Å². The number of rotatable bonds is 13. The van der Waals surface area contributed by atoms with Gasteiger partial charge in [-0.05, 0) is 6.07 Å². The molecule has 10 atom stereocenters. The predicted molar refractivity (Wildman–Crippen MR) is 148 cm³/mol. The van der Waals surface area contributed by atoms with Gasteiger partial charge in [0.2, 0.25) is 0 Å². The molecule has 2 saturated heterocycles. The molecule has 254 valence electrons. The first-order valence-electron chi connectivity index (χ1n) is 13.5. The number of aliphatic hydroxyl groups excluding tert-OH is 4. The summed E-state index contributed by atoms with van der Waals surface area (Å²) in [6, 6.07) is 2.80. The molecule has 48 heavy (non-hydrogen) atoms. The zero-order valence-electron chi connectivity index (χ0n) is 24.9. The van der Waals surface area contributed by atoms with E-state index in [-0.39, 0.29) is 58.6 Å². The van der Waals surface area contributed by atoms with E-state index in [1.165, 1.54) is 46.3 Å². The van der Waals surface area contributed by atoms with Gasteiger partial charge in [-0.2, -0.15) is 4.57 Å². The zero-order chi connectivity index (χ0) is 34.1. The number of phosphoric ester groups is 2. The van der Waals surface area contributed by atoms with Gasteiger partial charge in [0.05, 0.1) is 26.1 Å². The third kappa shape index (κ3) is 8.46. The van der Waals surface area contributed by atoms with E-state index in [1.807, 2.05) is 0 Å². The SMILES string of the molecule is C#CCNc1ncnc2c1ncn2[C@@H]1O[C@H](COP(=O)([O-])OP(=O)([O-])OC[C@H]2O[C@@H]([n+]3cccc(C(N)=O)c3)[C@H](O)[C@@H]2O)[C@@H](O)[C@H]1O.[Na+]. The molecule has 2 fully saturated rings. The van der Waals surface area contributed by atoms with Gasteiger partial charge in [0.25, 0.3) is 27.8 Å². The first-order valence-corrected chi connectivity index (χ1v) is 16.4. The number of fused-ring (bicyclic) bond motifs is 1. The Morgan fingerprint density at radius 2 is 1.71 bits per heavy atom. The maximum Gasteiger partial charge on any atom is 1.00 e. The van der Waals surface area contributed by atoms with Gasteiger partial charge in [-0.15, -0.1) is 6.42 Å². The van der Waals surface area contributed by atoms with Crippen LogP contribution in [0.2, 0.25) is 0 Å². The standard InChI is InChI=1S/C24H29N7O14P2.Na/c1-2-5-26-21-15-22(28-10-27-21)31(11-29-15)24-19(35)17(33)14(44-24)9-42-47(39,40)45-46(37,38)41-8-13-16(32)18(34)23(43-13)30-6-3-4-12(7-30)20(25)36;/h1,3-4,6-7,10-11,13-14,16-19,23-24,32-35H,5,8-9H2,(H4-,25,26,27,28,36,37,38,39,40);/q;+1/p-1/t13-,14-,16-,17-,18-,19-,23-,24-;/m1./s1. The largest absolute Gasteiger partial charge is 1.00 e. The van der Waals surface area contributed by atoms with E-state index in [1.54, 1.807) is 0 Å². The molecule has 0 spiro atoms. The minimum Gasteiger partial charge on any atom is -0.756 e. The molecule has 3 aromatic rings. The number of phosphoric acid groups is 2. The Morgan fingerprint density at radius 1 is 1.06 bits per heavy atom. The van der Waals surface area contributed by atoms with Gasteiger partial charge in [0, 0.05) is 6.07 Å². The Kier molecular flexibility index (Phi) is 12.5. The molecule has 2 aliphatic rings. The fourth-order valence-electron chi connectivity index (χ4n) is 4.81. The summed E-state index contributed by atoms with van der Waals surface area (Å²) >= 11 is 0. The van der Waals surface area contributed by atoms with Gasteiger partial charge in [0.1, 0.15) is 42.4 Å². The first-order chi connectivity index (χ1) is 22.2. The smallest absolute Gasteiger partial charge is 0.756 e. The molecule has 2 aliphatic heterocycles. The number of anilines is 1. The molecule has 2 unspecified atom stereocenters. The Labute approximate surface area is 293 Å². The number of nitrogens with zero attached hydrogens (tertiary/aromatic N) is 5. The van der Waals surface area contributed by atoms with Gasteiger partial charge < -0.3 is 59.8 Å². The predicted octanol–water partition coefficient (Wildman–Crippen LogP) is -6.81. The molecule has 24 heteroatoms. The van der Waals surface area contributed by atoms with Crippen LogP contribution in [0.25, 0.3) is 11.2 Å². The van der Waals surface area contributed by atoms with Crippen LogP contribution in [0.5, 0.6) is 0 Å². The molecular weight excluding hydrogens is 695 g/mol. The van der Waals surface area contributed by atoms with Crippen molar-refractivity contribution in [1.29, 1.82) is 0 Å². The molecule has 3 aromatic heterocycles. The molecule has 7 N–H and O–H groups in total. The minimum absolute atomic E-state index is 0. The molecule has 5 heterocycles. The quantitative estimate of drug-likeness (QED) is 0.0413. The van der Waals surface area contributed by atoms with Gasteiger partial charge in [0.15, 0.2) is 41.7 Å². The summed E-state index contributed by atoms with van der Waals surface area (Å²) in [5, 5.41) is 44.6. The zero-order valence-corrected chi connectivity index (χ0v) is 28.6. The van der Waals surface area contributed by atoms with Crippen molar-refractivity contribution < 1.29 is 101 Å². The monoisotopic (exact) mass is 723 g/mol. The van der Waals surface area contributed by atoms with E-state index in [0.29, 0.717) is 0 Å². The van der Waals surface area contributed by atoms with Crippen LogP contribution in [-0.2, 0) is 32.0 Å². The van der Waals surface area contributed by atoms with Crippen LogP contribution in [0.4, 0.5) is 5.82 Å². The van der Waals surface area contributed by atoms with Gasteiger partial charge in [-0.1, -0.05) is 5.92 Å². The van der Waals surface area contributed by atoms with E-state index in [9.17, 15) is 44.1 Å². The summed E-state index contributed by atoms with van der Waals surface area (Å²) in [5.74, 6) is 1.88. The fourth-order valence-corrected chi connectivity index (χ4v) is 6.82. The van der Waals surface area contributed by atoms with Crippen molar-refractivity contribution in [2.75, 3.05) is 25.1 Å². The van der Waals surface area contributed by atoms with Crippen molar-refractivity contribution in [2.24, 2.45) is 5.73 Å². The number of carbonyl (C=O) groups excluding carboxylic acids is 1. The van der Waals surface area contributed by atoms with Gasteiger partial charge >= 0.3 is 29.6 Å². The van der Waals surface area contributed by atoms with Crippen molar-refractivity contribution in [3.05, 3.63) is 42.7 Å². The number of nitrogens with one attached hydrogen (secondary N) is 1. The van der Waals surface area contributed by atoms with Crippen LogP contribution in [0.3, 0.4) is 0 Å². The third-order valence-corrected chi connectivity index (χ3v) is 9.59. The number of pyridine rings is 1. The Hall–Kier alpha value is -2.45. The number of hydrogen-bond donors (Lipinski definition) is 6. The maximum atomic E-state index is 12.4. The molecule has 21 nitrogen and oxygen atoms in total. The third-order valence-electron chi connectivity index (χ3n) is 7.06. The number of imidazole rings is 1. The topological polar surface area (TPSA) is 310 Å². The van der Waals surface area contributed by atoms with E-state index in [2.05, 4.69) is 39.5 Å². The second-order valence-corrected chi connectivity index (χ2v) is 13.1. The Bertz CT molecular complexity index is 1760. The molecule has 0 aliphatic carbocycles. The number of aliphatic hydroxyl groups is 4. The number of carbonyl (C=O) groups is 1. The van der Waals surface area contributed by atoms with E-state index >= 15 is 0 Å². The van der Waals surface area contributed by atoms with E-state index in [4.69, 9.17) is 21.6 Å². The van der Waals surface area contributed by atoms with Crippen LogP contribution in [-0.4, -0.2) is 102 Å². The number of nitrogens with two attached hydrogens (primary N) is 1. The number of amides is 1. The molecule has 5 rings (SSSR count). The molecule has 0 saturated carbocycles. The van der Waals surface area contributed by atoms with Crippen LogP contribution in [0.1, 0.15) is 22.8 Å². The van der Waals surface area contributed by atoms with Crippen molar-refractivity contribution in [1.82, 2.24) is 19.5 Å². The Balaban J connectivity index is 0.00000520. The number of hydrogen-bond acceptors (Lipinski definition) is 18. The van der Waals surface area contributed by atoms with Crippen LogP contribution in [0.15, 0.2) is 37.2 Å². The minimum atomic E-state index is -5.70. The number of aromatic nitrogens is 5. The Morgan fingerprint density at radius 3 is 2.35 bits per heavy atom. The van der Waals surface area contributed by atoms with Crippen LogP contribution in [0, 0.1) is 12.3 Å². The summed E-state index contributed by atoms with van der Waals surface area (Å²) in [5.41, 5.74) is 5.72. The molecular formula is C24H28N7NaO14P2.